The lowest BCUT2D eigenvalue weighted by Crippen LogP contribution is -2.60. The van der Waals surface area contributed by atoms with E-state index >= 15 is 0 Å². The maximum atomic E-state index is 9.14. The first kappa shape index (κ1) is 55.7. The standard InChI is InChI=1S/C40H92O10Si5/c1-12-13-14-15-16-17-18-19-20-21-22-23-24-25-26-27-30-43-33-35-45-36-34-44-31-28-38-55(11,49-53(8,9)47-51(2,3)4)50-54(10,48-52(5,6)7)37-29-32-46-39-40(41)42/h40-42H,12-39H2,1-11H3. The maximum Gasteiger partial charge on any atom is 0.317 e. The number of hydrogen-bond acceptors (Lipinski definition) is 10. The number of unbranched alkanes of at least 4 members (excludes halogenated alkanes) is 15. The summed E-state index contributed by atoms with van der Waals surface area (Å²) >= 11 is 0. The van der Waals surface area contributed by atoms with Crippen LogP contribution in [0.4, 0.5) is 0 Å². The van der Waals surface area contributed by atoms with Crippen LogP contribution in [0.3, 0.4) is 0 Å². The molecule has 0 radical (unpaired) electrons. The van der Waals surface area contributed by atoms with Gasteiger partial charge in [0.2, 0.25) is 0 Å². The molecule has 0 rings (SSSR count). The van der Waals surface area contributed by atoms with Gasteiger partial charge in [-0.1, -0.05) is 103 Å². The molecule has 2 N–H and O–H groups in total. The van der Waals surface area contributed by atoms with Crippen molar-refractivity contribution >= 4 is 42.3 Å². The van der Waals surface area contributed by atoms with Crippen LogP contribution in [0, 0.1) is 0 Å². The lowest BCUT2D eigenvalue weighted by atomic mass is 10.0. The number of aliphatic hydroxyl groups is 2. The summed E-state index contributed by atoms with van der Waals surface area (Å²) in [6.07, 6.45) is 22.1. The van der Waals surface area contributed by atoms with Gasteiger partial charge >= 0.3 is 25.7 Å². The van der Waals surface area contributed by atoms with Gasteiger partial charge in [-0.05, 0) is 96.8 Å². The molecule has 0 saturated carbocycles. The van der Waals surface area contributed by atoms with Crippen LogP contribution in [0.1, 0.15) is 122 Å². The number of ether oxygens (including phenoxy) is 4. The van der Waals surface area contributed by atoms with Gasteiger partial charge in [-0.25, -0.2) is 0 Å². The molecule has 10 nitrogen and oxygen atoms in total. The van der Waals surface area contributed by atoms with Crippen molar-refractivity contribution in [2.24, 2.45) is 0 Å². The van der Waals surface area contributed by atoms with Crippen molar-refractivity contribution in [3.63, 3.8) is 0 Å². The van der Waals surface area contributed by atoms with Gasteiger partial charge in [-0.3, -0.25) is 0 Å². The smallest absolute Gasteiger partial charge is 0.317 e. The predicted octanol–water partition coefficient (Wildman–Crippen LogP) is 11.0. The van der Waals surface area contributed by atoms with Crippen LogP contribution < -0.4 is 0 Å². The Kier molecular flexibility index (Phi) is 32.9. The van der Waals surface area contributed by atoms with Gasteiger partial charge in [-0.15, -0.1) is 0 Å². The lowest BCUT2D eigenvalue weighted by molar-refractivity contribution is -0.0945. The van der Waals surface area contributed by atoms with Crippen molar-refractivity contribution in [2.45, 2.75) is 206 Å². The Morgan fingerprint density at radius 2 is 0.709 bits per heavy atom. The molecule has 0 spiro atoms. The van der Waals surface area contributed by atoms with E-state index in [1.807, 2.05) is 0 Å². The van der Waals surface area contributed by atoms with E-state index in [9.17, 15) is 0 Å². The summed E-state index contributed by atoms with van der Waals surface area (Å²) in [5.74, 6) is 0. The molecule has 0 saturated heterocycles. The van der Waals surface area contributed by atoms with Gasteiger partial charge in [0, 0.05) is 19.8 Å². The minimum Gasteiger partial charge on any atom is -0.437 e. The molecule has 0 aliphatic rings. The van der Waals surface area contributed by atoms with Gasteiger partial charge in [0.15, 0.2) is 22.9 Å². The van der Waals surface area contributed by atoms with Gasteiger partial charge in [0.1, 0.15) is 0 Å². The van der Waals surface area contributed by atoms with E-state index in [-0.39, 0.29) is 6.61 Å². The molecule has 0 heterocycles. The first-order chi connectivity index (χ1) is 25.8. The second-order valence-corrected chi connectivity index (χ2v) is 38.3. The van der Waals surface area contributed by atoms with E-state index in [2.05, 4.69) is 72.4 Å². The van der Waals surface area contributed by atoms with Crippen LogP contribution in [-0.4, -0.2) is 112 Å². The van der Waals surface area contributed by atoms with Crippen LogP contribution in [0.25, 0.3) is 0 Å². The molecule has 2 atom stereocenters. The summed E-state index contributed by atoms with van der Waals surface area (Å²) in [5, 5.41) is 18.3. The molecule has 0 aliphatic heterocycles. The second kappa shape index (κ2) is 32.5. The fraction of sp³-hybridized carbons (Fsp3) is 1.00. The molecule has 15 heteroatoms. The number of aliphatic hydroxyl groups excluding tert-OH is 1. The first-order valence-corrected chi connectivity index (χ1v) is 37.0. The lowest BCUT2D eigenvalue weighted by Gasteiger charge is -2.44. The van der Waals surface area contributed by atoms with Crippen LogP contribution in [0.5, 0.6) is 0 Å². The predicted molar refractivity (Wildman–Crippen MR) is 242 cm³/mol. The third kappa shape index (κ3) is 38.6. The summed E-state index contributed by atoms with van der Waals surface area (Å²) < 4.78 is 50.5. The molecule has 0 aliphatic carbocycles. The fourth-order valence-corrected chi connectivity index (χ4v) is 30.8. The Morgan fingerprint density at radius 1 is 0.364 bits per heavy atom. The highest BCUT2D eigenvalue weighted by atomic mass is 28.5. The quantitative estimate of drug-likeness (QED) is 0.0350. The molecular weight excluding hydrogens is 781 g/mol. The van der Waals surface area contributed by atoms with Crippen molar-refractivity contribution in [3.8, 4) is 0 Å². The molecule has 0 bridgehead atoms. The molecule has 0 amide bonds. The van der Waals surface area contributed by atoms with Gasteiger partial charge in [-0.2, -0.15) is 0 Å². The van der Waals surface area contributed by atoms with Gasteiger partial charge in [0.25, 0.3) is 0 Å². The zero-order valence-corrected chi connectivity index (χ0v) is 43.0. The molecule has 55 heavy (non-hydrogen) atoms. The van der Waals surface area contributed by atoms with Crippen LogP contribution >= 0.6 is 0 Å². The summed E-state index contributed by atoms with van der Waals surface area (Å²) in [4.78, 5) is 0. The number of hydrogen-bond donors (Lipinski definition) is 2. The van der Waals surface area contributed by atoms with Crippen molar-refractivity contribution in [1.29, 1.82) is 0 Å². The SMILES string of the molecule is CCCCCCCCCCCCCCCCCCOCCOCCOCCC[Si](C)(O[Si](C)(C)O[Si](C)(C)C)O[Si](C)(CCCOCC(O)O)O[Si](C)(C)C. The third-order valence-electron chi connectivity index (χ3n) is 8.96. The van der Waals surface area contributed by atoms with E-state index in [1.165, 1.54) is 96.3 Å². The molecule has 0 aromatic carbocycles. The summed E-state index contributed by atoms with van der Waals surface area (Å²) in [6.45, 7) is 28.1. The summed E-state index contributed by atoms with van der Waals surface area (Å²) in [5.41, 5.74) is 0. The second-order valence-electron chi connectivity index (χ2n) is 18.2. The molecular formula is C40H92O10Si5. The molecule has 0 fully saturated rings. The average Bonchev–Trinajstić information content (AvgIpc) is 3.03. The first-order valence-electron chi connectivity index (χ1n) is 22.3. The van der Waals surface area contributed by atoms with Gasteiger partial charge in [0.05, 0.1) is 33.0 Å². The Morgan fingerprint density at radius 3 is 1.11 bits per heavy atom. The van der Waals surface area contributed by atoms with Crippen LogP contribution in [-0.2, 0) is 35.4 Å². The monoisotopic (exact) mass is 873 g/mol. The minimum absolute atomic E-state index is 0.101. The van der Waals surface area contributed by atoms with E-state index < -0.39 is 48.6 Å². The molecule has 2 unspecified atom stereocenters. The molecule has 332 valence electrons. The largest absolute Gasteiger partial charge is 0.437 e. The Labute approximate surface area is 345 Å². The van der Waals surface area contributed by atoms with Crippen molar-refractivity contribution in [1.82, 2.24) is 0 Å². The Balaban J connectivity index is 4.35. The maximum absolute atomic E-state index is 9.14. The third-order valence-corrected chi connectivity index (χ3v) is 27.2. The molecule has 0 aromatic heterocycles. The van der Waals surface area contributed by atoms with E-state index in [0.717, 1.165) is 31.5 Å². The average molecular weight is 874 g/mol. The highest BCUT2D eigenvalue weighted by Crippen LogP contribution is 2.32. The Bertz CT molecular complexity index is 878. The van der Waals surface area contributed by atoms with Crippen LogP contribution in [0.2, 0.25) is 77.6 Å². The zero-order valence-electron chi connectivity index (χ0n) is 38.0. The van der Waals surface area contributed by atoms with Crippen molar-refractivity contribution < 1.29 is 45.6 Å². The normalized spacial score (nSPS) is 15.2. The number of rotatable bonds is 41. The van der Waals surface area contributed by atoms with E-state index in [1.54, 1.807) is 0 Å². The van der Waals surface area contributed by atoms with Crippen molar-refractivity contribution in [3.05, 3.63) is 0 Å². The molecule has 0 aromatic rings. The topological polar surface area (TPSA) is 114 Å². The fourth-order valence-electron chi connectivity index (χ4n) is 7.10. The van der Waals surface area contributed by atoms with E-state index in [4.69, 9.17) is 45.6 Å². The van der Waals surface area contributed by atoms with Crippen molar-refractivity contribution in [2.75, 3.05) is 52.9 Å². The zero-order chi connectivity index (χ0) is 41.5. The highest BCUT2D eigenvalue weighted by molar-refractivity contribution is 6.90. The Hall–Kier alpha value is 0.684. The van der Waals surface area contributed by atoms with Gasteiger partial charge < -0.3 is 45.6 Å². The summed E-state index contributed by atoms with van der Waals surface area (Å²) in [7, 11) is -11.7. The van der Waals surface area contributed by atoms with E-state index in [0.29, 0.717) is 46.1 Å². The van der Waals surface area contributed by atoms with Crippen LogP contribution in [0.15, 0.2) is 0 Å². The minimum atomic E-state index is -2.76. The summed E-state index contributed by atoms with van der Waals surface area (Å²) in [6, 6.07) is 1.51. The highest BCUT2D eigenvalue weighted by Gasteiger charge is 2.48.